The van der Waals surface area contributed by atoms with Gasteiger partial charge in [-0.3, -0.25) is 10.2 Å². The molecule has 2 aromatic carbocycles. The van der Waals surface area contributed by atoms with Crippen LogP contribution in [-0.4, -0.2) is 25.7 Å². The lowest BCUT2D eigenvalue weighted by Crippen LogP contribution is -2.43. The molecule has 20 heavy (non-hydrogen) atoms. The van der Waals surface area contributed by atoms with Crippen molar-refractivity contribution in [3.8, 4) is 5.75 Å². The van der Waals surface area contributed by atoms with E-state index >= 15 is 0 Å². The fourth-order valence-electron chi connectivity index (χ4n) is 1.61. The number of hydrogen-bond acceptors (Lipinski definition) is 4. The highest BCUT2D eigenvalue weighted by Crippen LogP contribution is 2.20. The zero-order valence-electron chi connectivity index (χ0n) is 10.9. The molecule has 0 unspecified atom stereocenters. The molecular formula is C14H14N2O4. The molecule has 0 bridgehead atoms. The van der Waals surface area contributed by atoms with Crippen LogP contribution in [-0.2, 0) is 9.53 Å². The molecule has 2 aromatic rings. The highest BCUT2D eigenvalue weighted by atomic mass is 16.5. The van der Waals surface area contributed by atoms with Crippen LogP contribution in [0.15, 0.2) is 42.5 Å². The number of nitrogens with one attached hydrogen (secondary N) is 2. The summed E-state index contributed by atoms with van der Waals surface area (Å²) >= 11 is 0. The molecule has 6 heteroatoms. The molecule has 0 aromatic heterocycles. The molecule has 2 N–H and O–H groups in total. The summed E-state index contributed by atoms with van der Waals surface area (Å²) < 4.78 is 9.64. The van der Waals surface area contributed by atoms with E-state index in [0.717, 1.165) is 10.8 Å². The van der Waals surface area contributed by atoms with E-state index in [0.29, 0.717) is 5.75 Å². The maximum Gasteiger partial charge on any atom is 0.425 e. The summed E-state index contributed by atoms with van der Waals surface area (Å²) in [5, 5.41) is 2.12. The van der Waals surface area contributed by atoms with E-state index in [-0.39, 0.29) is 6.61 Å². The van der Waals surface area contributed by atoms with E-state index in [4.69, 9.17) is 4.74 Å². The quantitative estimate of drug-likeness (QED) is 0.834. The Morgan fingerprint density at radius 1 is 1.05 bits per heavy atom. The van der Waals surface area contributed by atoms with Gasteiger partial charge in [0.1, 0.15) is 5.75 Å². The van der Waals surface area contributed by atoms with Gasteiger partial charge in [-0.25, -0.2) is 10.2 Å². The molecule has 0 aliphatic rings. The first-order valence-electron chi connectivity index (χ1n) is 5.93. The van der Waals surface area contributed by atoms with Crippen molar-refractivity contribution < 1.29 is 19.1 Å². The van der Waals surface area contributed by atoms with Gasteiger partial charge in [-0.1, -0.05) is 30.3 Å². The predicted molar refractivity (Wildman–Crippen MR) is 73.1 cm³/mol. The van der Waals surface area contributed by atoms with Gasteiger partial charge in [0, 0.05) is 0 Å². The largest absolute Gasteiger partial charge is 0.484 e. The maximum atomic E-state index is 11.4. The Labute approximate surface area is 115 Å². The van der Waals surface area contributed by atoms with Crippen molar-refractivity contribution in [2.24, 2.45) is 0 Å². The Morgan fingerprint density at radius 3 is 2.55 bits per heavy atom. The number of hydrogen-bond donors (Lipinski definition) is 2. The highest BCUT2D eigenvalue weighted by Gasteiger charge is 2.05. The van der Waals surface area contributed by atoms with E-state index in [1.54, 1.807) is 6.07 Å². The molecule has 2 amide bonds. The number of carbonyl (C=O) groups excluding carboxylic acids is 2. The Morgan fingerprint density at radius 2 is 1.80 bits per heavy atom. The van der Waals surface area contributed by atoms with Crippen LogP contribution in [0.1, 0.15) is 0 Å². The molecular weight excluding hydrogens is 260 g/mol. The minimum absolute atomic E-state index is 0.206. The van der Waals surface area contributed by atoms with Gasteiger partial charge in [-0.15, -0.1) is 0 Å². The van der Waals surface area contributed by atoms with Gasteiger partial charge in [-0.2, -0.15) is 0 Å². The molecule has 0 saturated heterocycles. The average Bonchev–Trinajstić information content (AvgIpc) is 2.50. The molecule has 0 atom stereocenters. The van der Waals surface area contributed by atoms with Crippen LogP contribution in [0, 0.1) is 0 Å². The number of rotatable bonds is 3. The second kappa shape index (κ2) is 6.42. The SMILES string of the molecule is COC(=O)NNC(=O)COc1ccc2ccccc2c1. The van der Waals surface area contributed by atoms with E-state index < -0.39 is 12.0 Å². The van der Waals surface area contributed by atoms with Crippen molar-refractivity contribution in [2.75, 3.05) is 13.7 Å². The molecule has 0 fully saturated rings. The summed E-state index contributed by atoms with van der Waals surface area (Å²) in [6.07, 6.45) is -0.746. The number of ether oxygens (including phenoxy) is 2. The first-order valence-corrected chi connectivity index (χ1v) is 5.93. The lowest BCUT2D eigenvalue weighted by molar-refractivity contribution is -0.123. The molecule has 0 spiro atoms. The zero-order valence-corrected chi connectivity index (χ0v) is 10.9. The van der Waals surface area contributed by atoms with Gasteiger partial charge < -0.3 is 9.47 Å². The van der Waals surface area contributed by atoms with E-state index in [1.807, 2.05) is 36.4 Å². The number of methoxy groups -OCH3 is 1. The Hall–Kier alpha value is -2.76. The lowest BCUT2D eigenvalue weighted by Gasteiger charge is -2.08. The number of hydrazine groups is 1. The van der Waals surface area contributed by atoms with Crippen molar-refractivity contribution in [1.29, 1.82) is 0 Å². The van der Waals surface area contributed by atoms with Crippen LogP contribution in [0.3, 0.4) is 0 Å². The topological polar surface area (TPSA) is 76.7 Å². The normalized spacial score (nSPS) is 9.85. The Kier molecular flexibility index (Phi) is 4.39. The standard InChI is InChI=1S/C14H14N2O4/c1-19-14(18)16-15-13(17)9-20-12-7-6-10-4-2-3-5-11(10)8-12/h2-8H,9H2,1H3,(H,15,17)(H,16,18). The van der Waals surface area contributed by atoms with E-state index in [1.165, 1.54) is 7.11 Å². The number of benzene rings is 2. The fraction of sp³-hybridized carbons (Fsp3) is 0.143. The Balaban J connectivity index is 1.89. The molecule has 104 valence electrons. The average molecular weight is 274 g/mol. The van der Waals surface area contributed by atoms with Crippen molar-refractivity contribution in [1.82, 2.24) is 10.9 Å². The number of fused-ring (bicyclic) bond motifs is 1. The van der Waals surface area contributed by atoms with E-state index in [9.17, 15) is 9.59 Å². The second-order valence-corrected chi connectivity index (χ2v) is 3.96. The van der Waals surface area contributed by atoms with Crippen LogP contribution in [0.5, 0.6) is 5.75 Å². The maximum absolute atomic E-state index is 11.4. The third-order valence-electron chi connectivity index (χ3n) is 2.58. The van der Waals surface area contributed by atoms with Gasteiger partial charge in [0.2, 0.25) is 0 Å². The minimum atomic E-state index is -0.746. The third-order valence-corrected chi connectivity index (χ3v) is 2.58. The van der Waals surface area contributed by atoms with Crippen LogP contribution < -0.4 is 15.6 Å². The van der Waals surface area contributed by atoms with Gasteiger partial charge in [0.05, 0.1) is 7.11 Å². The zero-order chi connectivity index (χ0) is 14.4. The van der Waals surface area contributed by atoms with Crippen molar-refractivity contribution in [3.63, 3.8) is 0 Å². The summed E-state index contributed by atoms with van der Waals surface area (Å²) in [5.74, 6) is 0.0977. The summed E-state index contributed by atoms with van der Waals surface area (Å²) in [5.41, 5.74) is 4.21. The monoisotopic (exact) mass is 274 g/mol. The summed E-state index contributed by atoms with van der Waals surface area (Å²) in [4.78, 5) is 22.1. The molecule has 0 radical (unpaired) electrons. The van der Waals surface area contributed by atoms with Crippen LogP contribution in [0.4, 0.5) is 4.79 Å². The van der Waals surface area contributed by atoms with Crippen molar-refractivity contribution in [3.05, 3.63) is 42.5 Å². The lowest BCUT2D eigenvalue weighted by atomic mass is 10.1. The molecule has 6 nitrogen and oxygen atoms in total. The number of amides is 2. The van der Waals surface area contributed by atoms with E-state index in [2.05, 4.69) is 15.6 Å². The molecule has 0 saturated carbocycles. The van der Waals surface area contributed by atoms with Gasteiger partial charge in [0.15, 0.2) is 6.61 Å². The van der Waals surface area contributed by atoms with Gasteiger partial charge in [0.25, 0.3) is 5.91 Å². The number of carbonyl (C=O) groups is 2. The van der Waals surface area contributed by atoms with Crippen LogP contribution in [0.25, 0.3) is 10.8 Å². The summed E-state index contributed by atoms with van der Waals surface area (Å²) in [6.45, 7) is -0.206. The first-order chi connectivity index (χ1) is 9.69. The van der Waals surface area contributed by atoms with Gasteiger partial charge >= 0.3 is 6.09 Å². The summed E-state index contributed by atoms with van der Waals surface area (Å²) in [7, 11) is 1.20. The summed E-state index contributed by atoms with van der Waals surface area (Å²) in [6, 6.07) is 13.4. The molecule has 2 rings (SSSR count). The second-order valence-electron chi connectivity index (χ2n) is 3.96. The van der Waals surface area contributed by atoms with Crippen LogP contribution in [0.2, 0.25) is 0 Å². The smallest absolute Gasteiger partial charge is 0.425 e. The van der Waals surface area contributed by atoms with Crippen molar-refractivity contribution in [2.45, 2.75) is 0 Å². The predicted octanol–water partition coefficient (Wildman–Crippen LogP) is 1.61. The van der Waals surface area contributed by atoms with Crippen LogP contribution >= 0.6 is 0 Å². The minimum Gasteiger partial charge on any atom is -0.484 e. The third kappa shape index (κ3) is 3.61. The first kappa shape index (κ1) is 13.7. The van der Waals surface area contributed by atoms with Crippen molar-refractivity contribution >= 4 is 22.8 Å². The Bertz CT molecular complexity index is 627. The van der Waals surface area contributed by atoms with Gasteiger partial charge in [-0.05, 0) is 22.9 Å². The molecule has 0 aliphatic heterocycles. The molecule has 0 heterocycles. The molecule has 0 aliphatic carbocycles. The highest BCUT2D eigenvalue weighted by molar-refractivity contribution is 5.84. The fourth-order valence-corrected chi connectivity index (χ4v) is 1.61.